The fraction of sp³-hybridized carbons (Fsp3) is 0.273. The van der Waals surface area contributed by atoms with E-state index < -0.39 is 11.7 Å². The van der Waals surface area contributed by atoms with Gasteiger partial charge in [-0.05, 0) is 30.1 Å². The van der Waals surface area contributed by atoms with Crippen molar-refractivity contribution in [3.05, 3.63) is 47.1 Å². The third-order valence-electron chi connectivity index (χ3n) is 2.26. The molecule has 0 atom stereocenters. The van der Waals surface area contributed by atoms with Gasteiger partial charge in [0.2, 0.25) is 0 Å². The molecule has 2 aliphatic carbocycles. The average Bonchev–Trinajstić information content (AvgIpc) is 2.73. The number of hydrogen-bond acceptors (Lipinski definition) is 0. The Kier molecular flexibility index (Phi) is 2.10. The first kappa shape index (κ1) is 9.31. The lowest BCUT2D eigenvalue weighted by atomic mass is 10.0. The summed E-state index contributed by atoms with van der Waals surface area (Å²) in [4.78, 5) is 0. The standard InChI is InChI=1S/C11H8F3/c12-11(13,14)10-7-3-6-9(10)8-4-1-2-5-8/h1,3-4,7H,2,6H2. The number of alkyl halides is 3. The van der Waals surface area contributed by atoms with Crippen molar-refractivity contribution in [3.8, 4) is 0 Å². The zero-order chi connectivity index (χ0) is 10.2. The predicted molar refractivity (Wildman–Crippen MR) is 47.4 cm³/mol. The molecule has 0 amide bonds. The summed E-state index contributed by atoms with van der Waals surface area (Å²) in [5.74, 6) is 0. The highest BCUT2D eigenvalue weighted by Gasteiger charge is 2.36. The van der Waals surface area contributed by atoms with Gasteiger partial charge in [0.15, 0.2) is 0 Å². The maximum absolute atomic E-state index is 12.5. The van der Waals surface area contributed by atoms with Crippen LogP contribution < -0.4 is 0 Å². The molecule has 14 heavy (non-hydrogen) atoms. The van der Waals surface area contributed by atoms with Crippen LogP contribution in [0.2, 0.25) is 0 Å². The van der Waals surface area contributed by atoms with Gasteiger partial charge in [0.1, 0.15) is 0 Å². The highest BCUT2D eigenvalue weighted by Crippen LogP contribution is 2.38. The molecule has 0 fully saturated rings. The molecule has 0 spiro atoms. The van der Waals surface area contributed by atoms with E-state index in [1.54, 1.807) is 12.2 Å². The number of rotatable bonds is 1. The van der Waals surface area contributed by atoms with Crippen molar-refractivity contribution in [2.24, 2.45) is 0 Å². The van der Waals surface area contributed by atoms with Crippen molar-refractivity contribution in [2.45, 2.75) is 19.0 Å². The van der Waals surface area contributed by atoms with E-state index in [-0.39, 0.29) is 0 Å². The predicted octanol–water partition coefficient (Wildman–Crippen LogP) is 3.49. The molecule has 0 unspecified atom stereocenters. The van der Waals surface area contributed by atoms with Crippen LogP contribution in [0.25, 0.3) is 0 Å². The lowest BCUT2D eigenvalue weighted by molar-refractivity contribution is -0.0885. The SMILES string of the molecule is FC(F)(F)C1=C(C2=[C]CC=C2)CC=C1. The van der Waals surface area contributed by atoms with Crippen molar-refractivity contribution < 1.29 is 13.2 Å². The lowest BCUT2D eigenvalue weighted by Gasteiger charge is -2.10. The molecule has 0 N–H and O–H groups in total. The zero-order valence-electron chi connectivity index (χ0n) is 7.36. The van der Waals surface area contributed by atoms with Crippen LogP contribution in [-0.4, -0.2) is 6.18 Å². The van der Waals surface area contributed by atoms with Crippen molar-refractivity contribution in [1.82, 2.24) is 0 Å². The van der Waals surface area contributed by atoms with Crippen molar-refractivity contribution in [3.63, 3.8) is 0 Å². The topological polar surface area (TPSA) is 0 Å². The molecule has 2 rings (SSSR count). The van der Waals surface area contributed by atoms with E-state index in [9.17, 15) is 13.2 Å². The second-order valence-electron chi connectivity index (χ2n) is 3.19. The molecule has 2 aliphatic rings. The molecular weight excluding hydrogens is 189 g/mol. The maximum Gasteiger partial charge on any atom is 0.416 e. The molecule has 0 aromatic carbocycles. The first-order valence-corrected chi connectivity index (χ1v) is 4.33. The van der Waals surface area contributed by atoms with Gasteiger partial charge in [0.25, 0.3) is 0 Å². The molecular formula is C11H8F3. The van der Waals surface area contributed by atoms with Crippen LogP contribution in [0.15, 0.2) is 41.0 Å². The summed E-state index contributed by atoms with van der Waals surface area (Å²) in [7, 11) is 0. The summed E-state index contributed by atoms with van der Waals surface area (Å²) < 4.78 is 37.5. The minimum absolute atomic E-state index is 0.353. The van der Waals surface area contributed by atoms with Crippen LogP contribution in [0.1, 0.15) is 12.8 Å². The molecule has 1 radical (unpaired) electrons. The Hall–Kier alpha value is -1.25. The van der Waals surface area contributed by atoms with E-state index in [4.69, 9.17) is 0 Å². The van der Waals surface area contributed by atoms with Crippen LogP contribution in [0, 0.1) is 6.08 Å². The van der Waals surface area contributed by atoms with E-state index in [1.807, 2.05) is 6.08 Å². The molecule has 0 saturated carbocycles. The molecule has 0 aromatic rings. The van der Waals surface area contributed by atoms with E-state index >= 15 is 0 Å². The van der Waals surface area contributed by atoms with Crippen molar-refractivity contribution >= 4 is 0 Å². The van der Waals surface area contributed by atoms with Gasteiger partial charge in [-0.25, -0.2) is 0 Å². The van der Waals surface area contributed by atoms with Gasteiger partial charge < -0.3 is 0 Å². The summed E-state index contributed by atoms with van der Waals surface area (Å²) in [6, 6.07) is 0. The Bertz CT molecular complexity index is 364. The first-order chi connectivity index (χ1) is 6.59. The molecule has 0 bridgehead atoms. The second-order valence-corrected chi connectivity index (χ2v) is 3.19. The third kappa shape index (κ3) is 1.54. The quantitative estimate of drug-likeness (QED) is 0.603. The maximum atomic E-state index is 12.5. The third-order valence-corrected chi connectivity index (χ3v) is 2.26. The van der Waals surface area contributed by atoms with Crippen LogP contribution >= 0.6 is 0 Å². The van der Waals surface area contributed by atoms with Crippen LogP contribution in [-0.2, 0) is 0 Å². The number of hydrogen-bond donors (Lipinski definition) is 0. The Balaban J connectivity index is 2.39. The van der Waals surface area contributed by atoms with Gasteiger partial charge >= 0.3 is 6.18 Å². The summed E-state index contributed by atoms with van der Waals surface area (Å²) in [6.45, 7) is 0. The van der Waals surface area contributed by atoms with Gasteiger partial charge in [0.05, 0.1) is 5.57 Å². The second kappa shape index (κ2) is 3.15. The van der Waals surface area contributed by atoms with Gasteiger partial charge in [-0.2, -0.15) is 13.2 Å². The fourth-order valence-corrected chi connectivity index (χ4v) is 1.64. The zero-order valence-corrected chi connectivity index (χ0v) is 7.36. The fourth-order valence-electron chi connectivity index (χ4n) is 1.64. The van der Waals surface area contributed by atoms with Gasteiger partial charge in [-0.1, -0.05) is 24.3 Å². The Morgan fingerprint density at radius 1 is 1.14 bits per heavy atom. The molecule has 73 valence electrons. The van der Waals surface area contributed by atoms with Crippen molar-refractivity contribution in [2.75, 3.05) is 0 Å². The molecule has 3 heteroatoms. The minimum Gasteiger partial charge on any atom is -0.166 e. The summed E-state index contributed by atoms with van der Waals surface area (Å²) in [5, 5.41) is 0. The average molecular weight is 197 g/mol. The summed E-state index contributed by atoms with van der Waals surface area (Å²) >= 11 is 0. The van der Waals surface area contributed by atoms with Gasteiger partial charge in [-0.15, -0.1) is 0 Å². The molecule has 0 aliphatic heterocycles. The van der Waals surface area contributed by atoms with Crippen LogP contribution in [0.3, 0.4) is 0 Å². The van der Waals surface area contributed by atoms with E-state index in [0.29, 0.717) is 24.0 Å². The van der Waals surface area contributed by atoms with Crippen molar-refractivity contribution in [1.29, 1.82) is 0 Å². The van der Waals surface area contributed by atoms with E-state index in [0.717, 1.165) is 6.08 Å². The Labute approximate surface area is 80.1 Å². The van der Waals surface area contributed by atoms with Crippen LogP contribution in [0.5, 0.6) is 0 Å². The summed E-state index contributed by atoms with van der Waals surface area (Å²) in [6.07, 6.45) is 5.85. The molecule has 0 saturated heterocycles. The van der Waals surface area contributed by atoms with Crippen LogP contribution in [0.4, 0.5) is 13.2 Å². The molecule has 0 heterocycles. The molecule has 0 nitrogen and oxygen atoms in total. The van der Waals surface area contributed by atoms with Gasteiger partial charge in [-0.3, -0.25) is 0 Å². The molecule has 0 aromatic heterocycles. The summed E-state index contributed by atoms with van der Waals surface area (Å²) in [5.41, 5.74) is 0.431. The van der Waals surface area contributed by atoms with E-state index in [2.05, 4.69) is 6.08 Å². The largest absolute Gasteiger partial charge is 0.416 e. The minimum atomic E-state index is -4.24. The normalized spacial score (nSPS) is 20.9. The highest BCUT2D eigenvalue weighted by atomic mass is 19.4. The lowest BCUT2D eigenvalue weighted by Crippen LogP contribution is -2.11. The number of halogens is 3. The monoisotopic (exact) mass is 197 g/mol. The Morgan fingerprint density at radius 2 is 1.93 bits per heavy atom. The number of allylic oxidation sites excluding steroid dienone is 8. The van der Waals surface area contributed by atoms with E-state index in [1.165, 1.54) is 0 Å². The van der Waals surface area contributed by atoms with Gasteiger partial charge in [0, 0.05) is 0 Å². The smallest absolute Gasteiger partial charge is 0.166 e. The highest BCUT2D eigenvalue weighted by molar-refractivity contribution is 5.52. The first-order valence-electron chi connectivity index (χ1n) is 4.33. The Morgan fingerprint density at radius 3 is 2.50 bits per heavy atom.